The lowest BCUT2D eigenvalue weighted by Crippen LogP contribution is -2.02. The van der Waals surface area contributed by atoms with Gasteiger partial charge in [-0.1, -0.05) is 11.6 Å². The molecule has 0 aliphatic rings. The smallest absolute Gasteiger partial charge is 0.335 e. The molecule has 0 aliphatic carbocycles. The van der Waals surface area contributed by atoms with Crippen LogP contribution in [-0.4, -0.2) is 33.5 Å². The number of aromatic carboxylic acids is 2. The first-order valence-electron chi connectivity index (χ1n) is 7.58. The van der Waals surface area contributed by atoms with Crippen molar-refractivity contribution in [2.45, 2.75) is 0 Å². The molecular weight excluding hydrogens is 374 g/mol. The van der Waals surface area contributed by atoms with Crippen LogP contribution in [0.25, 0.3) is 11.3 Å². The summed E-state index contributed by atoms with van der Waals surface area (Å²) >= 11 is 5.86. The molecule has 0 aliphatic heterocycles. The minimum atomic E-state index is -1.25. The molecule has 0 bridgehead atoms. The number of carboxylic acids is 2. The standard InChI is InChI=1S/C19H12ClNO6/c20-13-1-3-16(22)15(8-13)21-9-14-2-4-17(27-14)10-5-11(18(23)24)7-12(6-10)19(25)26/h1-9,22H,(H,23,24)(H,25,26). The molecule has 3 N–H and O–H groups in total. The quantitative estimate of drug-likeness (QED) is 0.558. The number of carboxylic acid groups (broad SMARTS) is 2. The summed E-state index contributed by atoms with van der Waals surface area (Å²) in [6.07, 6.45) is 1.36. The maximum atomic E-state index is 11.2. The molecule has 3 rings (SSSR count). The van der Waals surface area contributed by atoms with Gasteiger partial charge in [0.1, 0.15) is 23.0 Å². The van der Waals surface area contributed by atoms with E-state index >= 15 is 0 Å². The summed E-state index contributed by atoms with van der Waals surface area (Å²) in [5.41, 5.74) is 0.222. The van der Waals surface area contributed by atoms with Crippen LogP contribution < -0.4 is 0 Å². The maximum absolute atomic E-state index is 11.2. The Kier molecular flexibility index (Phi) is 4.96. The zero-order chi connectivity index (χ0) is 19.6. The molecule has 0 atom stereocenters. The number of aliphatic imine (C=N–C) groups is 1. The fraction of sp³-hybridized carbons (Fsp3) is 0. The molecule has 0 saturated heterocycles. The number of aromatic hydroxyl groups is 1. The average Bonchev–Trinajstić information content (AvgIpc) is 3.11. The second kappa shape index (κ2) is 7.35. The Morgan fingerprint density at radius 3 is 2.26 bits per heavy atom. The first-order valence-corrected chi connectivity index (χ1v) is 7.96. The molecule has 7 nitrogen and oxygen atoms in total. The van der Waals surface area contributed by atoms with Gasteiger partial charge in [0.25, 0.3) is 0 Å². The summed E-state index contributed by atoms with van der Waals surface area (Å²) in [6, 6.07) is 11.3. The van der Waals surface area contributed by atoms with Gasteiger partial charge >= 0.3 is 11.9 Å². The maximum Gasteiger partial charge on any atom is 0.335 e. The van der Waals surface area contributed by atoms with E-state index in [1.807, 2.05) is 0 Å². The summed E-state index contributed by atoms with van der Waals surface area (Å²) in [6.45, 7) is 0. The van der Waals surface area contributed by atoms with Gasteiger partial charge < -0.3 is 19.7 Å². The topological polar surface area (TPSA) is 120 Å². The van der Waals surface area contributed by atoms with Crippen LogP contribution in [0.3, 0.4) is 0 Å². The van der Waals surface area contributed by atoms with Crippen LogP contribution >= 0.6 is 11.6 Å². The van der Waals surface area contributed by atoms with Gasteiger partial charge in [0.2, 0.25) is 0 Å². The molecule has 2 aromatic carbocycles. The molecule has 0 fully saturated rings. The van der Waals surface area contributed by atoms with Gasteiger partial charge in [0.05, 0.1) is 17.3 Å². The molecule has 1 aromatic heterocycles. The van der Waals surface area contributed by atoms with Crippen molar-refractivity contribution in [3.63, 3.8) is 0 Å². The molecular formula is C19H12ClNO6. The number of furan rings is 1. The van der Waals surface area contributed by atoms with Crippen molar-refractivity contribution in [2.75, 3.05) is 0 Å². The van der Waals surface area contributed by atoms with E-state index in [-0.39, 0.29) is 28.3 Å². The van der Waals surface area contributed by atoms with Crippen molar-refractivity contribution in [3.8, 4) is 17.1 Å². The number of hydrogen-bond donors (Lipinski definition) is 3. The van der Waals surface area contributed by atoms with Crippen LogP contribution in [0.15, 0.2) is 57.9 Å². The number of hydrogen-bond acceptors (Lipinski definition) is 5. The van der Waals surface area contributed by atoms with Crippen LogP contribution in [0.2, 0.25) is 5.02 Å². The first-order chi connectivity index (χ1) is 12.8. The third kappa shape index (κ3) is 4.16. The highest BCUT2D eigenvalue weighted by atomic mass is 35.5. The summed E-state index contributed by atoms with van der Waals surface area (Å²) in [4.78, 5) is 26.5. The molecule has 8 heteroatoms. The molecule has 3 aromatic rings. The zero-order valence-corrected chi connectivity index (χ0v) is 14.3. The highest BCUT2D eigenvalue weighted by molar-refractivity contribution is 6.30. The van der Waals surface area contributed by atoms with Crippen molar-refractivity contribution in [3.05, 3.63) is 70.4 Å². The number of rotatable bonds is 5. The Morgan fingerprint density at radius 1 is 0.963 bits per heavy atom. The lowest BCUT2D eigenvalue weighted by atomic mass is 10.0. The van der Waals surface area contributed by atoms with Crippen LogP contribution in [0.5, 0.6) is 5.75 Å². The second-order valence-corrected chi connectivity index (χ2v) is 5.94. The Morgan fingerprint density at radius 2 is 1.63 bits per heavy atom. The largest absolute Gasteiger partial charge is 0.506 e. The summed E-state index contributed by atoms with van der Waals surface area (Å²) < 4.78 is 5.58. The third-order valence-electron chi connectivity index (χ3n) is 3.61. The van der Waals surface area contributed by atoms with E-state index in [1.54, 1.807) is 12.1 Å². The predicted molar refractivity (Wildman–Crippen MR) is 98.4 cm³/mol. The third-order valence-corrected chi connectivity index (χ3v) is 3.84. The van der Waals surface area contributed by atoms with E-state index < -0.39 is 11.9 Å². The van der Waals surface area contributed by atoms with E-state index in [2.05, 4.69) is 4.99 Å². The molecule has 0 amide bonds. The lowest BCUT2D eigenvalue weighted by molar-refractivity contribution is 0.0696. The molecule has 0 saturated carbocycles. The van der Waals surface area contributed by atoms with Crippen LogP contribution in [0.1, 0.15) is 26.5 Å². The van der Waals surface area contributed by atoms with Crippen LogP contribution in [0.4, 0.5) is 5.69 Å². The number of carbonyl (C=O) groups is 2. The monoisotopic (exact) mass is 385 g/mol. The molecule has 1 heterocycles. The van der Waals surface area contributed by atoms with Crippen LogP contribution in [-0.2, 0) is 0 Å². The van der Waals surface area contributed by atoms with Crippen LogP contribution in [0, 0.1) is 0 Å². The zero-order valence-electron chi connectivity index (χ0n) is 13.6. The van der Waals surface area contributed by atoms with E-state index in [1.165, 1.54) is 36.5 Å². The summed E-state index contributed by atoms with van der Waals surface area (Å²) in [5, 5.41) is 28.5. The van der Waals surface area contributed by atoms with Gasteiger partial charge in [0.15, 0.2) is 0 Å². The molecule has 136 valence electrons. The summed E-state index contributed by atoms with van der Waals surface area (Å²) in [7, 11) is 0. The Labute approximate surface area is 157 Å². The highest BCUT2D eigenvalue weighted by Crippen LogP contribution is 2.30. The van der Waals surface area contributed by atoms with Crippen molar-refractivity contribution in [1.29, 1.82) is 0 Å². The van der Waals surface area contributed by atoms with E-state index in [0.717, 1.165) is 6.07 Å². The fourth-order valence-electron chi connectivity index (χ4n) is 2.33. The molecule has 27 heavy (non-hydrogen) atoms. The minimum Gasteiger partial charge on any atom is -0.506 e. The Hall–Kier alpha value is -3.58. The van der Waals surface area contributed by atoms with Gasteiger partial charge in [-0.25, -0.2) is 14.6 Å². The first kappa shape index (κ1) is 18.2. The van der Waals surface area contributed by atoms with Crippen molar-refractivity contribution in [2.24, 2.45) is 4.99 Å². The Bertz CT molecular complexity index is 1040. The molecule has 0 radical (unpaired) electrons. The Balaban J connectivity index is 1.94. The molecule has 0 spiro atoms. The minimum absolute atomic E-state index is 0.0531. The number of halogens is 1. The van der Waals surface area contributed by atoms with Crippen molar-refractivity contribution < 1.29 is 29.3 Å². The van der Waals surface area contributed by atoms with E-state index in [0.29, 0.717) is 16.3 Å². The summed E-state index contributed by atoms with van der Waals surface area (Å²) in [5.74, 6) is -1.95. The average molecular weight is 386 g/mol. The van der Waals surface area contributed by atoms with Crippen molar-refractivity contribution >= 4 is 35.4 Å². The number of nitrogens with zero attached hydrogens (tertiary/aromatic N) is 1. The lowest BCUT2D eigenvalue weighted by Gasteiger charge is -2.03. The molecule has 0 unspecified atom stereocenters. The van der Waals surface area contributed by atoms with E-state index in [4.69, 9.17) is 26.2 Å². The van der Waals surface area contributed by atoms with Gasteiger partial charge in [0, 0.05) is 10.6 Å². The fourth-order valence-corrected chi connectivity index (χ4v) is 2.49. The van der Waals surface area contributed by atoms with Gasteiger partial charge in [-0.15, -0.1) is 0 Å². The van der Waals surface area contributed by atoms with E-state index in [9.17, 15) is 14.7 Å². The normalized spacial score (nSPS) is 11.0. The second-order valence-electron chi connectivity index (χ2n) is 5.50. The number of benzene rings is 2. The number of phenols is 1. The number of phenolic OH excluding ortho intramolecular Hbond substituents is 1. The van der Waals surface area contributed by atoms with Gasteiger partial charge in [-0.2, -0.15) is 0 Å². The van der Waals surface area contributed by atoms with Gasteiger partial charge in [-0.05, 0) is 48.5 Å². The van der Waals surface area contributed by atoms with Crippen molar-refractivity contribution in [1.82, 2.24) is 0 Å². The SMILES string of the molecule is O=C(O)c1cc(C(=O)O)cc(-c2ccc(C=Nc3cc(Cl)ccc3O)o2)c1. The predicted octanol–water partition coefficient (Wildman–Crippen LogP) is 4.45. The highest BCUT2D eigenvalue weighted by Gasteiger charge is 2.14. The van der Waals surface area contributed by atoms with Gasteiger partial charge in [-0.3, -0.25) is 0 Å².